The van der Waals surface area contributed by atoms with Crippen LogP contribution in [0.15, 0.2) is 6.33 Å². The first-order valence-electron chi connectivity index (χ1n) is 3.77. The molecule has 0 fully saturated rings. The van der Waals surface area contributed by atoms with Crippen LogP contribution >= 0.6 is 0 Å². The third-order valence-corrected chi connectivity index (χ3v) is 1.76. The van der Waals surface area contributed by atoms with Gasteiger partial charge in [-0.1, -0.05) is 13.8 Å². The Balaban J connectivity index is 3.07. The van der Waals surface area contributed by atoms with Gasteiger partial charge in [0, 0.05) is 12.7 Å². The first-order valence-corrected chi connectivity index (χ1v) is 3.77. The third kappa shape index (κ3) is 1.43. The fourth-order valence-corrected chi connectivity index (χ4v) is 1.35. The van der Waals surface area contributed by atoms with Gasteiger partial charge in [-0.05, 0) is 5.92 Å². The largest absolute Gasteiger partial charge is 0.390 e. The Morgan fingerprint density at radius 3 is 2.64 bits per heavy atom. The number of rotatable bonds is 2. The highest BCUT2D eigenvalue weighted by molar-refractivity contribution is 5.15. The molecule has 0 aromatic carbocycles. The van der Waals surface area contributed by atoms with Crippen molar-refractivity contribution in [1.29, 1.82) is 0 Å². The number of hydrogen-bond acceptors (Lipinski definition) is 2. The van der Waals surface area contributed by atoms with Crippen molar-refractivity contribution in [3.63, 3.8) is 0 Å². The summed E-state index contributed by atoms with van der Waals surface area (Å²) in [5, 5.41) is 8.90. The molecule has 1 aromatic heterocycles. The number of aliphatic hydroxyl groups is 1. The average molecular weight is 154 g/mol. The summed E-state index contributed by atoms with van der Waals surface area (Å²) in [6, 6.07) is 0. The lowest BCUT2D eigenvalue weighted by Gasteiger charge is -2.07. The molecule has 0 unspecified atom stereocenters. The number of aliphatic hydroxyl groups excluding tert-OH is 1. The molecule has 62 valence electrons. The zero-order valence-electron chi connectivity index (χ0n) is 7.20. The van der Waals surface area contributed by atoms with Gasteiger partial charge in [-0.2, -0.15) is 0 Å². The topological polar surface area (TPSA) is 38.1 Å². The molecule has 0 saturated heterocycles. The van der Waals surface area contributed by atoms with Gasteiger partial charge in [0.1, 0.15) is 0 Å². The van der Waals surface area contributed by atoms with Gasteiger partial charge in [0.05, 0.1) is 18.6 Å². The first kappa shape index (κ1) is 8.27. The Bertz CT molecular complexity index is 240. The molecule has 0 atom stereocenters. The highest BCUT2D eigenvalue weighted by atomic mass is 16.3. The molecule has 0 radical (unpaired) electrons. The maximum atomic E-state index is 8.90. The maximum absolute atomic E-state index is 8.90. The number of imidazole rings is 1. The molecular weight excluding hydrogens is 140 g/mol. The molecular formula is C8H14N2O. The lowest BCUT2D eigenvalue weighted by molar-refractivity contribution is 0.275. The summed E-state index contributed by atoms with van der Waals surface area (Å²) in [6.45, 7) is 4.22. The van der Waals surface area contributed by atoms with Crippen molar-refractivity contribution in [2.24, 2.45) is 7.05 Å². The predicted octanol–water partition coefficient (Wildman–Crippen LogP) is 1.04. The standard InChI is InChI=1S/C8H14N2O/c1-6(2)8-7(4-11)9-5-10(8)3/h5-6,11H,4H2,1-3H3. The summed E-state index contributed by atoms with van der Waals surface area (Å²) in [5.74, 6) is 0.421. The Kier molecular flexibility index (Phi) is 2.29. The van der Waals surface area contributed by atoms with Gasteiger partial charge in [-0.15, -0.1) is 0 Å². The SMILES string of the molecule is CC(C)c1c(CO)ncn1C. The molecule has 0 aliphatic rings. The molecule has 0 aliphatic carbocycles. The van der Waals surface area contributed by atoms with E-state index in [1.54, 1.807) is 6.33 Å². The van der Waals surface area contributed by atoms with Crippen LogP contribution in [0.1, 0.15) is 31.2 Å². The molecule has 1 aromatic rings. The molecule has 0 spiro atoms. The number of aryl methyl sites for hydroxylation is 1. The van der Waals surface area contributed by atoms with E-state index in [4.69, 9.17) is 5.11 Å². The van der Waals surface area contributed by atoms with Crippen molar-refractivity contribution in [3.05, 3.63) is 17.7 Å². The van der Waals surface area contributed by atoms with Crippen molar-refractivity contribution >= 4 is 0 Å². The van der Waals surface area contributed by atoms with Crippen LogP contribution in [-0.4, -0.2) is 14.7 Å². The van der Waals surface area contributed by atoms with Crippen LogP contribution in [0.3, 0.4) is 0 Å². The van der Waals surface area contributed by atoms with Gasteiger partial charge in [0.25, 0.3) is 0 Å². The summed E-state index contributed by atoms with van der Waals surface area (Å²) in [5.41, 5.74) is 1.91. The number of nitrogens with zero attached hydrogens (tertiary/aromatic N) is 2. The number of hydrogen-bond donors (Lipinski definition) is 1. The smallest absolute Gasteiger partial charge is 0.0950 e. The molecule has 1 N–H and O–H groups in total. The first-order chi connectivity index (χ1) is 5.16. The van der Waals surface area contributed by atoms with E-state index in [1.165, 1.54) is 0 Å². The Hall–Kier alpha value is -0.830. The van der Waals surface area contributed by atoms with Gasteiger partial charge in [0.2, 0.25) is 0 Å². The van der Waals surface area contributed by atoms with Crippen LogP contribution < -0.4 is 0 Å². The van der Waals surface area contributed by atoms with E-state index in [2.05, 4.69) is 18.8 Å². The van der Waals surface area contributed by atoms with E-state index in [9.17, 15) is 0 Å². The molecule has 0 bridgehead atoms. The molecule has 0 saturated carbocycles. The van der Waals surface area contributed by atoms with Crippen LogP contribution in [0.25, 0.3) is 0 Å². The van der Waals surface area contributed by atoms with Crippen LogP contribution in [0.5, 0.6) is 0 Å². The van der Waals surface area contributed by atoms with Crippen LogP contribution in [0, 0.1) is 0 Å². The van der Waals surface area contributed by atoms with Crippen molar-refractivity contribution in [3.8, 4) is 0 Å². The van der Waals surface area contributed by atoms with Crippen molar-refractivity contribution in [2.75, 3.05) is 0 Å². The molecule has 11 heavy (non-hydrogen) atoms. The Morgan fingerprint density at radius 1 is 1.64 bits per heavy atom. The van der Waals surface area contributed by atoms with Gasteiger partial charge in [-0.25, -0.2) is 4.98 Å². The summed E-state index contributed by atoms with van der Waals surface area (Å²) in [7, 11) is 1.95. The molecule has 1 heterocycles. The van der Waals surface area contributed by atoms with E-state index in [-0.39, 0.29) is 6.61 Å². The lowest BCUT2D eigenvalue weighted by Crippen LogP contribution is -2.00. The number of aromatic nitrogens is 2. The summed E-state index contributed by atoms with van der Waals surface area (Å²) < 4.78 is 1.95. The molecule has 0 aliphatic heterocycles. The maximum Gasteiger partial charge on any atom is 0.0950 e. The molecule has 0 amide bonds. The van der Waals surface area contributed by atoms with Crippen molar-refractivity contribution in [1.82, 2.24) is 9.55 Å². The van der Waals surface area contributed by atoms with Gasteiger partial charge >= 0.3 is 0 Å². The van der Waals surface area contributed by atoms with E-state index >= 15 is 0 Å². The highest BCUT2D eigenvalue weighted by Gasteiger charge is 2.10. The minimum atomic E-state index is 0.0361. The van der Waals surface area contributed by atoms with E-state index in [0.29, 0.717) is 5.92 Å². The molecule has 1 rings (SSSR count). The second-order valence-corrected chi connectivity index (χ2v) is 3.00. The molecule has 3 nitrogen and oxygen atoms in total. The highest BCUT2D eigenvalue weighted by Crippen LogP contribution is 2.17. The minimum absolute atomic E-state index is 0.0361. The Labute approximate surface area is 66.7 Å². The molecule has 3 heteroatoms. The van der Waals surface area contributed by atoms with Crippen LogP contribution in [0.4, 0.5) is 0 Å². The van der Waals surface area contributed by atoms with Crippen molar-refractivity contribution < 1.29 is 5.11 Å². The Morgan fingerprint density at radius 2 is 2.27 bits per heavy atom. The third-order valence-electron chi connectivity index (χ3n) is 1.76. The second-order valence-electron chi connectivity index (χ2n) is 3.00. The summed E-state index contributed by atoms with van der Waals surface area (Å²) in [6.07, 6.45) is 1.74. The van der Waals surface area contributed by atoms with E-state index in [1.807, 2.05) is 11.6 Å². The van der Waals surface area contributed by atoms with E-state index in [0.717, 1.165) is 11.4 Å². The fourth-order valence-electron chi connectivity index (χ4n) is 1.35. The van der Waals surface area contributed by atoms with Crippen molar-refractivity contribution in [2.45, 2.75) is 26.4 Å². The average Bonchev–Trinajstić information content (AvgIpc) is 2.30. The monoisotopic (exact) mass is 154 g/mol. The predicted molar refractivity (Wildman–Crippen MR) is 43.2 cm³/mol. The zero-order chi connectivity index (χ0) is 8.43. The zero-order valence-corrected chi connectivity index (χ0v) is 7.20. The lowest BCUT2D eigenvalue weighted by atomic mass is 10.1. The summed E-state index contributed by atoms with van der Waals surface area (Å²) >= 11 is 0. The van der Waals surface area contributed by atoms with E-state index < -0.39 is 0 Å². The van der Waals surface area contributed by atoms with Gasteiger partial charge in [0.15, 0.2) is 0 Å². The quantitative estimate of drug-likeness (QED) is 0.691. The van der Waals surface area contributed by atoms with Gasteiger partial charge in [-0.3, -0.25) is 0 Å². The van der Waals surface area contributed by atoms with Crippen LogP contribution in [-0.2, 0) is 13.7 Å². The fraction of sp³-hybridized carbons (Fsp3) is 0.625. The van der Waals surface area contributed by atoms with Crippen LogP contribution in [0.2, 0.25) is 0 Å². The summed E-state index contributed by atoms with van der Waals surface area (Å²) in [4.78, 5) is 4.07. The van der Waals surface area contributed by atoms with Gasteiger partial charge < -0.3 is 9.67 Å². The normalized spacial score (nSPS) is 11.0. The minimum Gasteiger partial charge on any atom is -0.390 e. The second kappa shape index (κ2) is 3.05.